The number of hydrogen-bond donors (Lipinski definition) is 0. The quantitative estimate of drug-likeness (QED) is 0.389. The van der Waals surface area contributed by atoms with Crippen LogP contribution in [-0.2, 0) is 0 Å². The van der Waals surface area contributed by atoms with Crippen molar-refractivity contribution in [2.24, 2.45) is 0 Å². The van der Waals surface area contributed by atoms with Crippen LogP contribution in [0.1, 0.15) is 17.3 Å². The van der Waals surface area contributed by atoms with Gasteiger partial charge in [-0.25, -0.2) is 0 Å². The molecule has 0 radical (unpaired) electrons. The van der Waals surface area contributed by atoms with Gasteiger partial charge in [-0.2, -0.15) is 0 Å². The van der Waals surface area contributed by atoms with Crippen LogP contribution in [0.4, 0.5) is 0 Å². The minimum absolute atomic E-state index is 0.0560. The molecule has 0 unspecified atom stereocenters. The molecule has 1 aromatic rings. The molecule has 1 aromatic carbocycles. The molecule has 0 saturated carbocycles. The lowest BCUT2D eigenvalue weighted by Gasteiger charge is -1.98. The van der Waals surface area contributed by atoms with E-state index in [0.717, 1.165) is 5.56 Å². The van der Waals surface area contributed by atoms with E-state index >= 15 is 0 Å². The summed E-state index contributed by atoms with van der Waals surface area (Å²) in [6, 6.07) is 9.22. The van der Waals surface area contributed by atoms with E-state index in [0.29, 0.717) is 5.57 Å². The van der Waals surface area contributed by atoms with Crippen molar-refractivity contribution in [2.45, 2.75) is 6.92 Å². The van der Waals surface area contributed by atoms with Gasteiger partial charge in [0.15, 0.2) is 5.78 Å². The van der Waals surface area contributed by atoms with Gasteiger partial charge >= 0.3 is 0 Å². The van der Waals surface area contributed by atoms with Gasteiger partial charge in [-0.1, -0.05) is 49.1 Å². The van der Waals surface area contributed by atoms with E-state index < -0.39 is 0 Å². The molecule has 1 heteroatoms. The predicted octanol–water partition coefficient (Wildman–Crippen LogP) is 3.00. The fourth-order valence-electron chi connectivity index (χ4n) is 1.07. The van der Waals surface area contributed by atoms with Crippen LogP contribution in [0.3, 0.4) is 0 Å². The predicted molar refractivity (Wildman–Crippen MR) is 54.7 cm³/mol. The Labute approximate surface area is 78.4 Å². The Hall–Kier alpha value is -1.63. The fourth-order valence-corrected chi connectivity index (χ4v) is 1.07. The third kappa shape index (κ3) is 2.41. The zero-order valence-corrected chi connectivity index (χ0v) is 7.66. The number of carbonyl (C=O) groups is 1. The lowest BCUT2D eigenvalue weighted by molar-refractivity contribution is 0.103. The van der Waals surface area contributed by atoms with E-state index in [1.165, 1.54) is 0 Å². The highest BCUT2D eigenvalue weighted by Crippen LogP contribution is 2.07. The topological polar surface area (TPSA) is 17.1 Å². The third-order valence-corrected chi connectivity index (χ3v) is 1.76. The molecule has 0 heterocycles. The number of hydrogen-bond acceptors (Lipinski definition) is 1. The SMILES string of the molecule is C=C/C=C(\C)C(=O)c1ccccc1. The van der Waals surface area contributed by atoms with Gasteiger partial charge in [0, 0.05) is 5.56 Å². The van der Waals surface area contributed by atoms with Gasteiger partial charge in [0.25, 0.3) is 0 Å². The first-order valence-electron chi connectivity index (χ1n) is 4.15. The molecular weight excluding hydrogens is 160 g/mol. The van der Waals surface area contributed by atoms with E-state index in [4.69, 9.17) is 0 Å². The number of ketones is 1. The highest BCUT2D eigenvalue weighted by Gasteiger charge is 2.05. The monoisotopic (exact) mass is 172 g/mol. The Morgan fingerprint density at radius 3 is 2.46 bits per heavy atom. The Balaban J connectivity index is 2.92. The van der Waals surface area contributed by atoms with Crippen molar-refractivity contribution in [2.75, 3.05) is 0 Å². The van der Waals surface area contributed by atoms with Crippen LogP contribution in [0.5, 0.6) is 0 Å². The van der Waals surface area contributed by atoms with E-state index in [2.05, 4.69) is 6.58 Å². The number of benzene rings is 1. The summed E-state index contributed by atoms with van der Waals surface area (Å²) in [7, 11) is 0. The van der Waals surface area contributed by atoms with Crippen molar-refractivity contribution < 1.29 is 4.79 Å². The number of carbonyl (C=O) groups excluding carboxylic acids is 1. The molecule has 1 nitrogen and oxygen atoms in total. The van der Waals surface area contributed by atoms with Gasteiger partial charge < -0.3 is 0 Å². The van der Waals surface area contributed by atoms with E-state index in [1.807, 2.05) is 30.3 Å². The molecule has 0 spiro atoms. The first kappa shape index (κ1) is 9.46. The zero-order chi connectivity index (χ0) is 9.68. The molecule has 1 rings (SSSR count). The maximum absolute atomic E-state index is 11.6. The lowest BCUT2D eigenvalue weighted by Crippen LogP contribution is -1.99. The second-order valence-corrected chi connectivity index (χ2v) is 2.78. The van der Waals surface area contributed by atoms with Gasteiger partial charge in [-0.3, -0.25) is 4.79 Å². The van der Waals surface area contributed by atoms with Crippen LogP contribution in [-0.4, -0.2) is 5.78 Å². The molecule has 0 N–H and O–H groups in total. The summed E-state index contributed by atoms with van der Waals surface area (Å²) >= 11 is 0. The molecule has 0 bridgehead atoms. The van der Waals surface area contributed by atoms with E-state index in [9.17, 15) is 4.79 Å². The molecule has 13 heavy (non-hydrogen) atoms. The van der Waals surface area contributed by atoms with Crippen LogP contribution in [0, 0.1) is 0 Å². The lowest BCUT2D eigenvalue weighted by atomic mass is 10.0. The average molecular weight is 172 g/mol. The van der Waals surface area contributed by atoms with Crippen molar-refractivity contribution in [3.63, 3.8) is 0 Å². The Morgan fingerprint density at radius 2 is 1.92 bits per heavy atom. The molecular formula is C12H12O. The van der Waals surface area contributed by atoms with E-state index in [1.54, 1.807) is 19.1 Å². The van der Waals surface area contributed by atoms with Crippen molar-refractivity contribution >= 4 is 5.78 Å². The second kappa shape index (κ2) is 4.41. The van der Waals surface area contributed by atoms with Gasteiger partial charge in [-0.05, 0) is 12.5 Å². The molecule has 0 aliphatic carbocycles. The first-order valence-corrected chi connectivity index (χ1v) is 4.15. The summed E-state index contributed by atoms with van der Waals surface area (Å²) in [5.41, 5.74) is 1.43. The molecule has 0 fully saturated rings. The van der Waals surface area contributed by atoms with Crippen LogP contribution in [0.25, 0.3) is 0 Å². The van der Waals surface area contributed by atoms with Crippen molar-refractivity contribution in [1.82, 2.24) is 0 Å². The fraction of sp³-hybridized carbons (Fsp3) is 0.0833. The van der Waals surface area contributed by atoms with Crippen molar-refractivity contribution in [3.8, 4) is 0 Å². The summed E-state index contributed by atoms with van der Waals surface area (Å²) in [6.07, 6.45) is 3.34. The summed E-state index contributed by atoms with van der Waals surface area (Å²) in [5, 5.41) is 0. The highest BCUT2D eigenvalue weighted by molar-refractivity contribution is 6.08. The summed E-state index contributed by atoms with van der Waals surface area (Å²) < 4.78 is 0. The Morgan fingerprint density at radius 1 is 1.31 bits per heavy atom. The molecule has 0 aliphatic heterocycles. The average Bonchev–Trinajstić information content (AvgIpc) is 2.18. The molecule has 0 atom stereocenters. The molecule has 0 aliphatic rings. The highest BCUT2D eigenvalue weighted by atomic mass is 16.1. The smallest absolute Gasteiger partial charge is 0.188 e. The first-order chi connectivity index (χ1) is 6.25. The summed E-state index contributed by atoms with van der Waals surface area (Å²) in [4.78, 5) is 11.6. The summed E-state index contributed by atoms with van der Waals surface area (Å²) in [6.45, 7) is 5.34. The normalized spacial score (nSPS) is 11.0. The van der Waals surface area contributed by atoms with Gasteiger partial charge in [0.1, 0.15) is 0 Å². The third-order valence-electron chi connectivity index (χ3n) is 1.76. The Kier molecular flexibility index (Phi) is 3.21. The molecule has 0 aromatic heterocycles. The zero-order valence-electron chi connectivity index (χ0n) is 7.66. The maximum atomic E-state index is 11.6. The number of allylic oxidation sites excluding steroid dienone is 3. The largest absolute Gasteiger partial charge is 0.289 e. The Bertz CT molecular complexity index is 333. The minimum atomic E-state index is 0.0560. The second-order valence-electron chi connectivity index (χ2n) is 2.78. The van der Waals surface area contributed by atoms with Gasteiger partial charge in [0.05, 0.1) is 0 Å². The molecule has 0 amide bonds. The van der Waals surface area contributed by atoms with E-state index in [-0.39, 0.29) is 5.78 Å². The van der Waals surface area contributed by atoms with Crippen molar-refractivity contribution in [1.29, 1.82) is 0 Å². The number of Topliss-reactive ketones (excluding diaryl/α,β-unsaturated/α-hetero) is 1. The van der Waals surface area contributed by atoms with Crippen LogP contribution >= 0.6 is 0 Å². The van der Waals surface area contributed by atoms with Crippen LogP contribution in [0.15, 0.2) is 54.6 Å². The number of rotatable bonds is 3. The molecule has 66 valence electrons. The molecule has 0 saturated heterocycles. The van der Waals surface area contributed by atoms with Crippen LogP contribution in [0.2, 0.25) is 0 Å². The minimum Gasteiger partial charge on any atom is -0.289 e. The van der Waals surface area contributed by atoms with Gasteiger partial charge in [-0.15, -0.1) is 0 Å². The maximum Gasteiger partial charge on any atom is 0.188 e. The summed E-state index contributed by atoms with van der Waals surface area (Å²) in [5.74, 6) is 0.0560. The van der Waals surface area contributed by atoms with Crippen LogP contribution < -0.4 is 0 Å². The standard InChI is InChI=1S/C12H12O/c1-3-7-10(2)12(13)11-8-5-4-6-9-11/h3-9H,1H2,2H3/b10-7+. The van der Waals surface area contributed by atoms with Gasteiger partial charge in [0.2, 0.25) is 0 Å². The van der Waals surface area contributed by atoms with Crippen molar-refractivity contribution in [3.05, 3.63) is 60.2 Å².